The molecule has 0 aliphatic carbocycles. The van der Waals surface area contributed by atoms with E-state index in [1.54, 1.807) is 0 Å². The maximum Gasteiger partial charge on any atom is 0.0480 e. The van der Waals surface area contributed by atoms with E-state index in [2.05, 4.69) is 69.2 Å². The summed E-state index contributed by atoms with van der Waals surface area (Å²) in [6.45, 7) is 23.1. The molecule has 0 atom stereocenters. The second-order valence-electron chi connectivity index (χ2n) is 8.52. The van der Waals surface area contributed by atoms with Crippen LogP contribution in [0, 0.1) is 27.7 Å². The van der Waals surface area contributed by atoms with Gasteiger partial charge in [-0.2, -0.15) is 0 Å². The fourth-order valence-electron chi connectivity index (χ4n) is 3.06. The van der Waals surface area contributed by atoms with Crippen molar-refractivity contribution in [3.63, 3.8) is 0 Å². The molecule has 0 amide bonds. The van der Waals surface area contributed by atoms with Crippen LogP contribution in [-0.2, 0) is 10.8 Å². The summed E-state index contributed by atoms with van der Waals surface area (Å²) in [6.07, 6.45) is 0. The zero-order valence-corrected chi connectivity index (χ0v) is 17.4. The van der Waals surface area contributed by atoms with Crippen LogP contribution in [-0.4, -0.2) is 0 Å². The van der Waals surface area contributed by atoms with Gasteiger partial charge in [-0.25, -0.2) is 0 Å². The lowest BCUT2D eigenvalue weighted by Gasteiger charge is -2.17. The summed E-state index contributed by atoms with van der Waals surface area (Å²) >= 11 is 4.01. The molecule has 2 aromatic rings. The van der Waals surface area contributed by atoms with Crippen molar-refractivity contribution in [2.24, 2.45) is 0 Å². The molecule has 0 saturated heterocycles. The van der Waals surface area contributed by atoms with Gasteiger partial charge in [0.2, 0.25) is 0 Å². The molecule has 0 saturated carbocycles. The third-order valence-electron chi connectivity index (χ3n) is 4.46. The lowest BCUT2D eigenvalue weighted by atomic mass is 9.90. The summed E-state index contributed by atoms with van der Waals surface area (Å²) in [7, 11) is 0. The molecular weight excluding hydrogens is 304 g/mol. The standard InChI is InChI=1S/C20H30S2/c1-11-13(3)17(19(5,6)7)21-15(11)16-12(2)14(4)18(22-16)20(8,9)10/h1-10H3. The summed E-state index contributed by atoms with van der Waals surface area (Å²) in [5.41, 5.74) is 6.36. The van der Waals surface area contributed by atoms with Gasteiger partial charge >= 0.3 is 0 Å². The van der Waals surface area contributed by atoms with Crippen LogP contribution in [0.15, 0.2) is 0 Å². The Kier molecular flexibility index (Phi) is 4.43. The van der Waals surface area contributed by atoms with Crippen LogP contribution in [0.5, 0.6) is 0 Å². The minimum atomic E-state index is 0.227. The number of hydrogen-bond acceptors (Lipinski definition) is 2. The Morgan fingerprint density at radius 1 is 0.500 bits per heavy atom. The van der Waals surface area contributed by atoms with Gasteiger partial charge in [0.1, 0.15) is 0 Å². The third kappa shape index (κ3) is 2.92. The van der Waals surface area contributed by atoms with Crippen LogP contribution in [0.1, 0.15) is 73.6 Å². The van der Waals surface area contributed by atoms with E-state index in [0.717, 1.165) is 0 Å². The zero-order chi connectivity index (χ0) is 17.0. The molecule has 0 unspecified atom stereocenters. The fraction of sp³-hybridized carbons (Fsp3) is 0.600. The summed E-state index contributed by atoms with van der Waals surface area (Å²) in [4.78, 5) is 6.04. The minimum Gasteiger partial charge on any atom is -0.138 e. The average molecular weight is 335 g/mol. The van der Waals surface area contributed by atoms with Gasteiger partial charge in [-0.15, -0.1) is 22.7 Å². The van der Waals surface area contributed by atoms with Crippen molar-refractivity contribution in [3.05, 3.63) is 32.0 Å². The molecule has 2 heterocycles. The highest BCUT2D eigenvalue weighted by Crippen LogP contribution is 2.48. The number of thiophene rings is 2. The molecule has 2 rings (SSSR count). The van der Waals surface area contributed by atoms with Gasteiger partial charge in [0.15, 0.2) is 0 Å². The summed E-state index contributed by atoms with van der Waals surface area (Å²) in [5.74, 6) is 0. The molecule has 0 aliphatic heterocycles. The molecule has 0 N–H and O–H groups in total. The van der Waals surface area contributed by atoms with E-state index in [9.17, 15) is 0 Å². The molecule has 0 nitrogen and oxygen atoms in total. The molecule has 22 heavy (non-hydrogen) atoms. The molecule has 0 bridgehead atoms. The average Bonchev–Trinajstić information content (AvgIpc) is 2.80. The zero-order valence-electron chi connectivity index (χ0n) is 15.8. The monoisotopic (exact) mass is 334 g/mol. The second kappa shape index (κ2) is 5.49. The fourth-order valence-corrected chi connectivity index (χ4v) is 6.04. The van der Waals surface area contributed by atoms with Crippen LogP contribution >= 0.6 is 22.7 Å². The Morgan fingerprint density at radius 3 is 0.955 bits per heavy atom. The van der Waals surface area contributed by atoms with Crippen LogP contribution in [0.3, 0.4) is 0 Å². The Balaban J connectivity index is 2.69. The summed E-state index contributed by atoms with van der Waals surface area (Å²) in [5, 5.41) is 0. The van der Waals surface area contributed by atoms with Gasteiger partial charge in [0, 0.05) is 19.5 Å². The van der Waals surface area contributed by atoms with Crippen molar-refractivity contribution in [1.29, 1.82) is 0 Å². The van der Waals surface area contributed by atoms with Gasteiger partial charge in [-0.1, -0.05) is 41.5 Å². The van der Waals surface area contributed by atoms with Gasteiger partial charge < -0.3 is 0 Å². The first kappa shape index (κ1) is 17.7. The van der Waals surface area contributed by atoms with Crippen molar-refractivity contribution in [3.8, 4) is 9.75 Å². The SMILES string of the molecule is Cc1c(-c2sc(C(C)(C)C)c(C)c2C)sc(C(C)(C)C)c1C. The molecule has 0 radical (unpaired) electrons. The predicted molar refractivity (Wildman–Crippen MR) is 104 cm³/mol. The van der Waals surface area contributed by atoms with Crippen LogP contribution < -0.4 is 0 Å². The third-order valence-corrected chi connectivity index (χ3v) is 8.27. The van der Waals surface area contributed by atoms with Crippen LogP contribution in [0.2, 0.25) is 0 Å². The molecule has 0 spiro atoms. The first-order valence-electron chi connectivity index (χ1n) is 8.07. The first-order chi connectivity index (χ1) is 9.85. The van der Waals surface area contributed by atoms with Gasteiger partial charge in [-0.3, -0.25) is 0 Å². The van der Waals surface area contributed by atoms with Crippen molar-refractivity contribution in [2.45, 2.75) is 80.1 Å². The van der Waals surface area contributed by atoms with E-state index in [4.69, 9.17) is 0 Å². The van der Waals surface area contributed by atoms with Crippen molar-refractivity contribution < 1.29 is 0 Å². The van der Waals surface area contributed by atoms with E-state index < -0.39 is 0 Å². The molecular formula is C20H30S2. The second-order valence-corrected chi connectivity index (χ2v) is 10.6. The van der Waals surface area contributed by atoms with E-state index in [1.165, 1.54) is 41.8 Å². The number of rotatable bonds is 1. The number of hydrogen-bond donors (Lipinski definition) is 0. The molecule has 0 aliphatic rings. The maximum absolute atomic E-state index is 2.32. The molecule has 2 aromatic heterocycles. The van der Waals surface area contributed by atoms with Crippen molar-refractivity contribution in [1.82, 2.24) is 0 Å². The van der Waals surface area contributed by atoms with Gasteiger partial charge in [0.25, 0.3) is 0 Å². The predicted octanol–water partition coefficient (Wildman–Crippen LogP) is 7.31. The Labute approximate surface area is 144 Å². The first-order valence-corrected chi connectivity index (χ1v) is 9.70. The lowest BCUT2D eigenvalue weighted by molar-refractivity contribution is 0.599. The molecule has 122 valence electrons. The van der Waals surface area contributed by atoms with E-state index in [1.807, 2.05) is 22.7 Å². The van der Waals surface area contributed by atoms with Crippen LogP contribution in [0.25, 0.3) is 9.75 Å². The van der Waals surface area contributed by atoms with Crippen molar-refractivity contribution in [2.75, 3.05) is 0 Å². The minimum absolute atomic E-state index is 0.227. The highest BCUT2D eigenvalue weighted by Gasteiger charge is 2.27. The lowest BCUT2D eigenvalue weighted by Crippen LogP contribution is -2.10. The van der Waals surface area contributed by atoms with Crippen LogP contribution in [0.4, 0.5) is 0 Å². The van der Waals surface area contributed by atoms with Gasteiger partial charge in [-0.05, 0) is 60.8 Å². The van der Waals surface area contributed by atoms with Gasteiger partial charge in [0.05, 0.1) is 0 Å². The van der Waals surface area contributed by atoms with E-state index >= 15 is 0 Å². The Hall–Kier alpha value is -0.600. The highest BCUT2D eigenvalue weighted by molar-refractivity contribution is 7.22. The molecule has 2 heteroatoms. The van der Waals surface area contributed by atoms with Crippen molar-refractivity contribution >= 4 is 22.7 Å². The smallest absolute Gasteiger partial charge is 0.0480 e. The summed E-state index contributed by atoms with van der Waals surface area (Å²) < 4.78 is 0. The molecule has 0 fully saturated rings. The normalized spacial score (nSPS) is 13.0. The Morgan fingerprint density at radius 2 is 0.773 bits per heavy atom. The topological polar surface area (TPSA) is 0 Å². The quantitative estimate of drug-likeness (QED) is 0.513. The summed E-state index contributed by atoms with van der Waals surface area (Å²) in [6, 6.07) is 0. The largest absolute Gasteiger partial charge is 0.138 e. The highest BCUT2D eigenvalue weighted by atomic mass is 32.1. The molecule has 0 aromatic carbocycles. The van der Waals surface area contributed by atoms with E-state index in [-0.39, 0.29) is 10.8 Å². The Bertz CT molecular complexity index is 635. The van der Waals surface area contributed by atoms with E-state index in [0.29, 0.717) is 0 Å². The maximum atomic E-state index is 2.32.